The van der Waals surface area contributed by atoms with E-state index in [1.165, 1.54) is 19.3 Å². The topological polar surface area (TPSA) is 52.7 Å². The van der Waals surface area contributed by atoms with Gasteiger partial charge in [-0.15, -0.1) is 0 Å². The van der Waals surface area contributed by atoms with E-state index in [0.29, 0.717) is 19.0 Å². The maximum absolute atomic E-state index is 12.7. The molecule has 2 atom stereocenters. The number of carbonyl (C=O) groups is 2. The number of hydrogen-bond donors (Lipinski definition) is 1. The van der Waals surface area contributed by atoms with Crippen molar-refractivity contribution in [3.05, 3.63) is 29.8 Å². The van der Waals surface area contributed by atoms with Crippen molar-refractivity contribution in [1.29, 1.82) is 0 Å². The number of para-hydroxylation sites is 1. The third-order valence-electron chi connectivity index (χ3n) is 5.76. The summed E-state index contributed by atoms with van der Waals surface area (Å²) in [6.45, 7) is 6.72. The molecule has 5 heteroatoms. The second-order valence-corrected chi connectivity index (χ2v) is 7.59. The van der Waals surface area contributed by atoms with Crippen LogP contribution >= 0.6 is 0 Å². The van der Waals surface area contributed by atoms with Gasteiger partial charge in [0.05, 0.1) is 0 Å². The monoisotopic (exact) mass is 357 g/mol. The summed E-state index contributed by atoms with van der Waals surface area (Å²) in [7, 11) is 0. The zero-order valence-electron chi connectivity index (χ0n) is 16.0. The summed E-state index contributed by atoms with van der Waals surface area (Å²) in [6.07, 6.45) is 6.01. The van der Waals surface area contributed by atoms with Crippen molar-refractivity contribution in [2.45, 2.75) is 64.5 Å². The highest BCUT2D eigenvalue weighted by atomic mass is 16.2. The molecular formula is C21H31N3O2. The Kier molecular flexibility index (Phi) is 6.30. The van der Waals surface area contributed by atoms with Crippen molar-refractivity contribution in [1.82, 2.24) is 10.2 Å². The van der Waals surface area contributed by atoms with Crippen LogP contribution in [0.5, 0.6) is 0 Å². The predicted molar refractivity (Wildman–Crippen MR) is 104 cm³/mol. The molecule has 1 aromatic carbocycles. The fraction of sp³-hybridized carbons (Fsp3) is 0.619. The van der Waals surface area contributed by atoms with Gasteiger partial charge in [0.2, 0.25) is 11.8 Å². The standard InChI is InChI=1S/C21H31N3O2/c1-16-8-5-6-14-23(16)15-13-22-21(26)17(2)24-19-11-4-3-9-18(19)10-7-12-20(24)25/h3-4,9,11,16-17H,5-8,10,12-15H2,1-2H3,(H,22,26)/t16-,17+/m1/s1. The molecule has 142 valence electrons. The van der Waals surface area contributed by atoms with Crippen LogP contribution in [-0.2, 0) is 16.0 Å². The van der Waals surface area contributed by atoms with E-state index in [1.54, 1.807) is 4.90 Å². The van der Waals surface area contributed by atoms with E-state index in [1.807, 2.05) is 25.1 Å². The van der Waals surface area contributed by atoms with Gasteiger partial charge in [-0.05, 0) is 57.7 Å². The molecule has 0 aromatic heterocycles. The van der Waals surface area contributed by atoms with Crippen molar-refractivity contribution in [2.75, 3.05) is 24.5 Å². The molecule has 2 aliphatic rings. The molecule has 0 aliphatic carbocycles. The van der Waals surface area contributed by atoms with Crippen LogP contribution in [0.1, 0.15) is 51.5 Å². The van der Waals surface area contributed by atoms with Crippen LogP contribution in [0.3, 0.4) is 0 Å². The quantitative estimate of drug-likeness (QED) is 0.882. The van der Waals surface area contributed by atoms with E-state index in [4.69, 9.17) is 0 Å². The summed E-state index contributed by atoms with van der Waals surface area (Å²) in [5.74, 6) is -0.0260. The number of likely N-dealkylation sites (tertiary alicyclic amines) is 1. The molecular weight excluding hydrogens is 326 g/mol. The molecule has 1 N–H and O–H groups in total. The lowest BCUT2D eigenvalue weighted by molar-refractivity contribution is -0.126. The Bertz CT molecular complexity index is 646. The Morgan fingerprint density at radius 1 is 1.23 bits per heavy atom. The van der Waals surface area contributed by atoms with E-state index in [-0.39, 0.29) is 11.8 Å². The minimum Gasteiger partial charge on any atom is -0.353 e. The smallest absolute Gasteiger partial charge is 0.242 e. The number of hydrogen-bond acceptors (Lipinski definition) is 3. The first-order chi connectivity index (χ1) is 12.6. The lowest BCUT2D eigenvalue weighted by Gasteiger charge is -2.33. The fourth-order valence-corrected chi connectivity index (χ4v) is 4.14. The minimum atomic E-state index is -0.486. The Labute approximate surface area is 156 Å². The Morgan fingerprint density at radius 3 is 2.85 bits per heavy atom. The van der Waals surface area contributed by atoms with E-state index in [9.17, 15) is 9.59 Å². The summed E-state index contributed by atoms with van der Waals surface area (Å²) in [5.41, 5.74) is 2.04. The Morgan fingerprint density at radius 2 is 2.04 bits per heavy atom. The lowest BCUT2D eigenvalue weighted by atomic mass is 10.0. The van der Waals surface area contributed by atoms with Crippen LogP contribution in [0, 0.1) is 0 Å². The molecule has 5 nitrogen and oxygen atoms in total. The number of rotatable bonds is 5. The van der Waals surface area contributed by atoms with Gasteiger partial charge in [0, 0.05) is 31.2 Å². The molecule has 2 aliphatic heterocycles. The number of amides is 2. The van der Waals surface area contributed by atoms with E-state index in [0.717, 1.165) is 37.2 Å². The van der Waals surface area contributed by atoms with Crippen molar-refractivity contribution >= 4 is 17.5 Å². The predicted octanol–water partition coefficient (Wildman–Crippen LogP) is 2.74. The lowest BCUT2D eigenvalue weighted by Crippen LogP contribution is -2.50. The first-order valence-corrected chi connectivity index (χ1v) is 9.99. The first-order valence-electron chi connectivity index (χ1n) is 9.99. The van der Waals surface area contributed by atoms with Gasteiger partial charge in [-0.1, -0.05) is 24.6 Å². The van der Waals surface area contributed by atoms with E-state index >= 15 is 0 Å². The highest BCUT2D eigenvalue weighted by Gasteiger charge is 2.30. The van der Waals surface area contributed by atoms with Crippen molar-refractivity contribution in [3.63, 3.8) is 0 Å². The van der Waals surface area contributed by atoms with Crippen LogP contribution in [0.25, 0.3) is 0 Å². The number of piperidine rings is 1. The first kappa shape index (κ1) is 18.9. The maximum Gasteiger partial charge on any atom is 0.242 e. The van der Waals surface area contributed by atoms with Gasteiger partial charge in [-0.2, -0.15) is 0 Å². The van der Waals surface area contributed by atoms with Crippen LogP contribution < -0.4 is 10.2 Å². The number of nitrogens with one attached hydrogen (secondary N) is 1. The number of fused-ring (bicyclic) bond motifs is 1. The molecule has 2 amide bonds. The van der Waals surface area contributed by atoms with Crippen LogP contribution in [0.2, 0.25) is 0 Å². The average Bonchev–Trinajstić information content (AvgIpc) is 2.80. The number of aryl methyl sites for hydroxylation is 1. The summed E-state index contributed by atoms with van der Waals surface area (Å²) in [6, 6.07) is 8.06. The highest BCUT2D eigenvalue weighted by Crippen LogP contribution is 2.28. The Balaban J connectivity index is 1.61. The van der Waals surface area contributed by atoms with Crippen molar-refractivity contribution in [2.24, 2.45) is 0 Å². The summed E-state index contributed by atoms with van der Waals surface area (Å²) < 4.78 is 0. The Hall–Kier alpha value is -1.88. The normalized spacial score (nSPS) is 22.5. The number of benzene rings is 1. The molecule has 2 heterocycles. The third kappa shape index (κ3) is 4.26. The molecule has 26 heavy (non-hydrogen) atoms. The third-order valence-corrected chi connectivity index (χ3v) is 5.76. The zero-order valence-corrected chi connectivity index (χ0v) is 16.0. The molecule has 0 saturated carbocycles. The molecule has 0 unspecified atom stereocenters. The number of anilines is 1. The van der Waals surface area contributed by atoms with Gasteiger partial charge >= 0.3 is 0 Å². The van der Waals surface area contributed by atoms with Crippen LogP contribution in [0.15, 0.2) is 24.3 Å². The van der Waals surface area contributed by atoms with Gasteiger partial charge in [0.15, 0.2) is 0 Å². The summed E-state index contributed by atoms with van der Waals surface area (Å²) >= 11 is 0. The molecule has 1 saturated heterocycles. The number of nitrogens with zero attached hydrogens (tertiary/aromatic N) is 2. The maximum atomic E-state index is 12.7. The molecule has 1 fully saturated rings. The van der Waals surface area contributed by atoms with Crippen LogP contribution in [-0.4, -0.2) is 48.4 Å². The fourth-order valence-electron chi connectivity index (χ4n) is 4.14. The van der Waals surface area contributed by atoms with Gasteiger partial charge in [-0.3, -0.25) is 19.4 Å². The second-order valence-electron chi connectivity index (χ2n) is 7.59. The summed E-state index contributed by atoms with van der Waals surface area (Å²) in [4.78, 5) is 29.5. The largest absolute Gasteiger partial charge is 0.353 e. The second kappa shape index (κ2) is 8.67. The van der Waals surface area contributed by atoms with Crippen molar-refractivity contribution < 1.29 is 9.59 Å². The average molecular weight is 357 g/mol. The van der Waals surface area contributed by atoms with E-state index in [2.05, 4.69) is 23.2 Å². The molecule has 3 rings (SSSR count). The zero-order chi connectivity index (χ0) is 18.5. The highest BCUT2D eigenvalue weighted by molar-refractivity contribution is 6.01. The van der Waals surface area contributed by atoms with Crippen LogP contribution in [0.4, 0.5) is 5.69 Å². The van der Waals surface area contributed by atoms with Crippen molar-refractivity contribution in [3.8, 4) is 0 Å². The molecule has 0 radical (unpaired) electrons. The van der Waals surface area contributed by atoms with Gasteiger partial charge in [0.1, 0.15) is 6.04 Å². The van der Waals surface area contributed by atoms with E-state index < -0.39 is 6.04 Å². The van der Waals surface area contributed by atoms with Gasteiger partial charge < -0.3 is 5.32 Å². The molecule has 0 spiro atoms. The van der Waals surface area contributed by atoms with Gasteiger partial charge in [-0.25, -0.2) is 0 Å². The van der Waals surface area contributed by atoms with Gasteiger partial charge in [0.25, 0.3) is 0 Å². The minimum absolute atomic E-state index is 0.0438. The number of carbonyl (C=O) groups excluding carboxylic acids is 2. The molecule has 1 aromatic rings. The SMILES string of the molecule is C[C@@H]1CCCCN1CCNC(=O)[C@H](C)N1C(=O)CCCc2ccccc21. The molecule has 0 bridgehead atoms. The summed E-state index contributed by atoms with van der Waals surface area (Å²) in [5, 5.41) is 3.04.